The first-order chi connectivity index (χ1) is 9.11. The summed E-state index contributed by atoms with van der Waals surface area (Å²) in [6, 6.07) is 8.21. The van der Waals surface area contributed by atoms with Crippen LogP contribution < -0.4 is 5.46 Å². The number of rotatable bonds is 2. The van der Waals surface area contributed by atoms with Crippen molar-refractivity contribution in [2.24, 2.45) is 0 Å². The minimum Gasteiger partial charge on any atom is -0.387 e. The van der Waals surface area contributed by atoms with E-state index in [1.54, 1.807) is 27.7 Å². The van der Waals surface area contributed by atoms with Crippen molar-refractivity contribution in [3.63, 3.8) is 0 Å². The predicted octanol–water partition coefficient (Wildman–Crippen LogP) is 2.91. The Labute approximate surface area is 125 Å². The van der Waals surface area contributed by atoms with Crippen LogP contribution in [0.5, 0.6) is 0 Å². The van der Waals surface area contributed by atoms with E-state index in [0.717, 1.165) is 11.4 Å². The predicted molar refractivity (Wildman–Crippen MR) is 87.7 cm³/mol. The van der Waals surface area contributed by atoms with Gasteiger partial charge in [0.1, 0.15) is 7.85 Å². The molecule has 0 atom stereocenters. The van der Waals surface area contributed by atoms with Crippen LogP contribution in [-0.2, 0) is 0 Å². The highest BCUT2D eigenvalue weighted by Crippen LogP contribution is 2.39. The van der Waals surface area contributed by atoms with Gasteiger partial charge in [-0.1, -0.05) is 43.6 Å². The Kier molecular flexibility index (Phi) is 7.54. The van der Waals surface area contributed by atoms with E-state index < -0.39 is 11.2 Å². The molecule has 112 valence electrons. The molecule has 0 aromatic heterocycles. The first kappa shape index (κ1) is 19.2. The van der Waals surface area contributed by atoms with Crippen molar-refractivity contribution in [2.75, 3.05) is 0 Å². The Bertz CT molecular complexity index is 373. The number of aliphatic hydroxyl groups is 2. The highest BCUT2D eigenvalue weighted by molar-refractivity contribution is 6.32. The van der Waals surface area contributed by atoms with Crippen molar-refractivity contribution >= 4 is 13.3 Å². The van der Waals surface area contributed by atoms with E-state index in [9.17, 15) is 0 Å². The fourth-order valence-electron chi connectivity index (χ4n) is 1.23. The maximum absolute atomic E-state index is 9.10. The standard InChI is InChI=1S/C9H9B.C6H14O2.C2H6/c10-9-3-1-2-8(6-9)7-4-5-7;1-5(2,7)6(3,4)8;1-2/h1-3,6-7H,4-5H2;7-8H,1-4H3;1-2H3. The van der Waals surface area contributed by atoms with Crippen LogP contribution in [0.25, 0.3) is 0 Å². The first-order valence-corrected chi connectivity index (χ1v) is 7.41. The largest absolute Gasteiger partial charge is 0.387 e. The maximum Gasteiger partial charge on any atom is 0.113 e. The van der Waals surface area contributed by atoms with E-state index >= 15 is 0 Å². The number of benzene rings is 1. The molecular formula is C17H29BO2. The van der Waals surface area contributed by atoms with E-state index in [-0.39, 0.29) is 0 Å². The van der Waals surface area contributed by atoms with Gasteiger partial charge in [-0.3, -0.25) is 0 Å². The lowest BCUT2D eigenvalue weighted by Crippen LogP contribution is -2.44. The van der Waals surface area contributed by atoms with Gasteiger partial charge in [-0.15, -0.1) is 0 Å². The Hall–Kier alpha value is -0.795. The van der Waals surface area contributed by atoms with Crippen molar-refractivity contribution in [3.05, 3.63) is 29.8 Å². The van der Waals surface area contributed by atoms with Crippen molar-refractivity contribution in [2.45, 2.75) is 71.5 Å². The summed E-state index contributed by atoms with van der Waals surface area (Å²) in [6.07, 6.45) is 2.70. The summed E-state index contributed by atoms with van der Waals surface area (Å²) in [4.78, 5) is 0. The molecule has 2 rings (SSSR count). The monoisotopic (exact) mass is 276 g/mol. The zero-order chi connectivity index (χ0) is 16.0. The van der Waals surface area contributed by atoms with Gasteiger partial charge < -0.3 is 10.2 Å². The highest BCUT2D eigenvalue weighted by atomic mass is 16.3. The topological polar surface area (TPSA) is 40.5 Å². The molecule has 0 spiro atoms. The third kappa shape index (κ3) is 7.11. The second-order valence-electron chi connectivity index (χ2n) is 6.06. The van der Waals surface area contributed by atoms with Crippen LogP contribution in [0, 0.1) is 0 Å². The quantitative estimate of drug-likeness (QED) is 0.815. The zero-order valence-electron chi connectivity index (χ0n) is 13.8. The van der Waals surface area contributed by atoms with Gasteiger partial charge in [0.15, 0.2) is 0 Å². The van der Waals surface area contributed by atoms with Crippen LogP contribution in [0.3, 0.4) is 0 Å². The summed E-state index contributed by atoms with van der Waals surface area (Å²) in [7, 11) is 5.62. The Balaban J connectivity index is 0.000000330. The zero-order valence-corrected chi connectivity index (χ0v) is 13.8. The van der Waals surface area contributed by atoms with Crippen LogP contribution >= 0.6 is 0 Å². The molecule has 0 unspecified atom stereocenters. The van der Waals surface area contributed by atoms with Crippen molar-refractivity contribution < 1.29 is 10.2 Å². The lowest BCUT2D eigenvalue weighted by atomic mass is 9.90. The molecule has 1 aliphatic rings. The van der Waals surface area contributed by atoms with E-state index in [1.165, 1.54) is 18.4 Å². The highest BCUT2D eigenvalue weighted by Gasteiger charge is 2.31. The molecule has 0 aliphatic heterocycles. The Morgan fingerprint density at radius 1 is 1.00 bits per heavy atom. The molecule has 3 heteroatoms. The molecule has 0 saturated heterocycles. The second kappa shape index (κ2) is 7.85. The molecule has 2 N–H and O–H groups in total. The summed E-state index contributed by atoms with van der Waals surface area (Å²) < 4.78 is 0. The molecule has 1 saturated carbocycles. The molecule has 1 aromatic carbocycles. The minimum atomic E-state index is -1.01. The van der Waals surface area contributed by atoms with Gasteiger partial charge in [0.25, 0.3) is 0 Å². The van der Waals surface area contributed by atoms with Gasteiger partial charge in [-0.2, -0.15) is 0 Å². The molecule has 0 bridgehead atoms. The number of hydrogen-bond donors (Lipinski definition) is 2. The van der Waals surface area contributed by atoms with E-state index in [0.29, 0.717) is 0 Å². The number of hydrogen-bond acceptors (Lipinski definition) is 2. The van der Waals surface area contributed by atoms with Gasteiger partial charge in [-0.25, -0.2) is 0 Å². The molecule has 1 aromatic rings. The van der Waals surface area contributed by atoms with Crippen LogP contribution in [0.2, 0.25) is 0 Å². The maximum atomic E-state index is 9.10. The molecule has 1 aliphatic carbocycles. The summed E-state index contributed by atoms with van der Waals surface area (Å²) >= 11 is 0. The third-order valence-corrected chi connectivity index (χ3v) is 3.46. The average molecular weight is 276 g/mol. The Morgan fingerprint density at radius 3 is 1.75 bits per heavy atom. The first-order valence-electron chi connectivity index (χ1n) is 7.41. The third-order valence-electron chi connectivity index (χ3n) is 3.46. The van der Waals surface area contributed by atoms with E-state index in [4.69, 9.17) is 18.1 Å². The Morgan fingerprint density at radius 2 is 1.45 bits per heavy atom. The normalized spacial score (nSPS) is 14.6. The molecule has 0 heterocycles. The summed E-state index contributed by atoms with van der Waals surface area (Å²) in [5.74, 6) is 0.823. The molecule has 2 nitrogen and oxygen atoms in total. The molecule has 1 fully saturated rings. The second-order valence-corrected chi connectivity index (χ2v) is 6.06. The van der Waals surface area contributed by atoms with Gasteiger partial charge >= 0.3 is 0 Å². The summed E-state index contributed by atoms with van der Waals surface area (Å²) in [6.45, 7) is 10.3. The SMILES string of the molecule is CC.CC(C)(O)C(C)(C)O.[B]c1cccc(C2CC2)c1. The fourth-order valence-corrected chi connectivity index (χ4v) is 1.23. The molecule has 0 amide bonds. The lowest BCUT2D eigenvalue weighted by molar-refractivity contribution is -0.107. The molecular weight excluding hydrogens is 247 g/mol. The van der Waals surface area contributed by atoms with E-state index in [1.807, 2.05) is 26.0 Å². The summed E-state index contributed by atoms with van der Waals surface area (Å²) in [5, 5.41) is 18.2. The van der Waals surface area contributed by atoms with Crippen molar-refractivity contribution in [1.82, 2.24) is 0 Å². The lowest BCUT2D eigenvalue weighted by Gasteiger charge is -2.31. The van der Waals surface area contributed by atoms with Gasteiger partial charge in [0, 0.05) is 0 Å². The molecule has 20 heavy (non-hydrogen) atoms. The van der Waals surface area contributed by atoms with Gasteiger partial charge in [-0.05, 0) is 52.0 Å². The van der Waals surface area contributed by atoms with E-state index in [2.05, 4.69) is 12.1 Å². The van der Waals surface area contributed by atoms with Crippen LogP contribution in [-0.4, -0.2) is 29.3 Å². The van der Waals surface area contributed by atoms with Crippen LogP contribution in [0.1, 0.15) is 65.9 Å². The van der Waals surface area contributed by atoms with Crippen LogP contribution in [0.4, 0.5) is 0 Å². The summed E-state index contributed by atoms with van der Waals surface area (Å²) in [5.41, 5.74) is 0.296. The van der Waals surface area contributed by atoms with Crippen molar-refractivity contribution in [1.29, 1.82) is 0 Å². The van der Waals surface area contributed by atoms with Gasteiger partial charge in [0.2, 0.25) is 0 Å². The molecule has 2 radical (unpaired) electrons. The van der Waals surface area contributed by atoms with Crippen molar-refractivity contribution in [3.8, 4) is 0 Å². The average Bonchev–Trinajstić information content (AvgIpc) is 3.13. The van der Waals surface area contributed by atoms with Gasteiger partial charge in [0.05, 0.1) is 11.2 Å². The van der Waals surface area contributed by atoms with Crippen LogP contribution in [0.15, 0.2) is 24.3 Å². The smallest absolute Gasteiger partial charge is 0.113 e. The fraction of sp³-hybridized carbons (Fsp3) is 0.647. The minimum absolute atomic E-state index is 0.823.